The molecule has 2 heterocycles. The summed E-state index contributed by atoms with van der Waals surface area (Å²) in [6, 6.07) is 7.72. The first-order valence-electron chi connectivity index (χ1n) is 5.64. The number of aryl methyl sites for hydroxylation is 1. The van der Waals surface area contributed by atoms with Crippen LogP contribution in [0.3, 0.4) is 0 Å². The predicted octanol–water partition coefficient (Wildman–Crippen LogP) is 2.05. The summed E-state index contributed by atoms with van der Waals surface area (Å²) in [7, 11) is 0. The van der Waals surface area contributed by atoms with Crippen molar-refractivity contribution < 1.29 is 4.42 Å². The molecule has 2 N–H and O–H groups in total. The molecule has 1 aromatic carbocycles. The second-order valence-corrected chi connectivity index (χ2v) is 4.05. The van der Waals surface area contributed by atoms with Crippen molar-refractivity contribution in [2.45, 2.75) is 13.5 Å². The molecule has 2 aromatic heterocycles. The quantitative estimate of drug-likeness (QED) is 0.741. The van der Waals surface area contributed by atoms with Crippen molar-refractivity contribution >= 4 is 11.1 Å². The molecule has 0 saturated carbocycles. The third-order valence-electron chi connectivity index (χ3n) is 2.71. The van der Waals surface area contributed by atoms with E-state index in [9.17, 15) is 0 Å². The monoisotopic (exact) mass is 240 g/mol. The molecular weight excluding hydrogens is 228 g/mol. The Morgan fingerprint density at radius 1 is 1.22 bits per heavy atom. The minimum atomic E-state index is 0.333. The topological polar surface area (TPSA) is 77.8 Å². The second kappa shape index (κ2) is 4.19. The van der Waals surface area contributed by atoms with E-state index in [1.807, 2.05) is 31.2 Å². The largest absolute Gasteiger partial charge is 0.443 e. The first-order valence-corrected chi connectivity index (χ1v) is 5.64. The standard InChI is InChI=1S/C13H12N4O/c1-8-4-11(17-13(6-14)16-8)9-2-3-10-12(5-9)18-7-15-10/h2-5,7H,6,14H2,1H3. The number of hydrogen-bond donors (Lipinski definition) is 1. The lowest BCUT2D eigenvalue weighted by Gasteiger charge is -2.04. The third-order valence-corrected chi connectivity index (χ3v) is 2.71. The maximum absolute atomic E-state index is 5.59. The highest BCUT2D eigenvalue weighted by Crippen LogP contribution is 2.22. The number of oxazole rings is 1. The summed E-state index contributed by atoms with van der Waals surface area (Å²) in [6.07, 6.45) is 1.44. The Bertz CT molecular complexity index is 705. The van der Waals surface area contributed by atoms with Gasteiger partial charge in [0.05, 0.1) is 12.2 Å². The summed E-state index contributed by atoms with van der Waals surface area (Å²) in [4.78, 5) is 12.8. The molecule has 5 nitrogen and oxygen atoms in total. The number of benzene rings is 1. The van der Waals surface area contributed by atoms with E-state index in [-0.39, 0.29) is 0 Å². The zero-order chi connectivity index (χ0) is 12.5. The van der Waals surface area contributed by atoms with E-state index >= 15 is 0 Å². The van der Waals surface area contributed by atoms with E-state index in [4.69, 9.17) is 10.2 Å². The van der Waals surface area contributed by atoms with Crippen LogP contribution in [0.5, 0.6) is 0 Å². The van der Waals surface area contributed by atoms with Crippen LogP contribution in [0.25, 0.3) is 22.4 Å². The maximum Gasteiger partial charge on any atom is 0.181 e. The predicted molar refractivity (Wildman–Crippen MR) is 67.7 cm³/mol. The lowest BCUT2D eigenvalue weighted by molar-refractivity contribution is 0.602. The van der Waals surface area contributed by atoms with Crippen molar-refractivity contribution in [1.29, 1.82) is 0 Å². The van der Waals surface area contributed by atoms with Gasteiger partial charge < -0.3 is 10.2 Å². The van der Waals surface area contributed by atoms with E-state index in [1.54, 1.807) is 0 Å². The molecule has 3 rings (SSSR count). The van der Waals surface area contributed by atoms with Crippen LogP contribution < -0.4 is 5.73 Å². The van der Waals surface area contributed by atoms with Gasteiger partial charge in [0.25, 0.3) is 0 Å². The van der Waals surface area contributed by atoms with Gasteiger partial charge in [-0.15, -0.1) is 0 Å². The first-order chi connectivity index (χ1) is 8.76. The van der Waals surface area contributed by atoms with Crippen molar-refractivity contribution in [3.63, 3.8) is 0 Å². The van der Waals surface area contributed by atoms with Crippen LogP contribution in [0, 0.1) is 6.92 Å². The summed E-state index contributed by atoms with van der Waals surface area (Å²) < 4.78 is 5.29. The van der Waals surface area contributed by atoms with Crippen LogP contribution in [-0.2, 0) is 6.54 Å². The van der Waals surface area contributed by atoms with Gasteiger partial charge in [-0.1, -0.05) is 6.07 Å². The van der Waals surface area contributed by atoms with Crippen molar-refractivity contribution in [2.24, 2.45) is 5.73 Å². The number of rotatable bonds is 2. The Balaban J connectivity index is 2.15. The van der Waals surface area contributed by atoms with Gasteiger partial charge in [-0.2, -0.15) is 0 Å². The maximum atomic E-state index is 5.59. The molecule has 18 heavy (non-hydrogen) atoms. The van der Waals surface area contributed by atoms with E-state index < -0.39 is 0 Å². The zero-order valence-corrected chi connectivity index (χ0v) is 9.92. The summed E-state index contributed by atoms with van der Waals surface area (Å²) in [5, 5.41) is 0. The number of nitrogens with zero attached hydrogens (tertiary/aromatic N) is 3. The molecule has 0 unspecified atom stereocenters. The number of fused-ring (bicyclic) bond motifs is 1. The SMILES string of the molecule is Cc1cc(-c2ccc3ncoc3c2)nc(CN)n1. The Labute approximate surface area is 104 Å². The Morgan fingerprint density at radius 2 is 2.11 bits per heavy atom. The van der Waals surface area contributed by atoms with Crippen LogP contribution in [0.1, 0.15) is 11.5 Å². The average Bonchev–Trinajstić information content (AvgIpc) is 2.85. The smallest absolute Gasteiger partial charge is 0.181 e. The molecule has 0 fully saturated rings. The van der Waals surface area contributed by atoms with Crippen molar-refractivity contribution in [2.75, 3.05) is 0 Å². The lowest BCUT2D eigenvalue weighted by atomic mass is 10.1. The molecule has 0 amide bonds. The Hall–Kier alpha value is -2.27. The fourth-order valence-corrected chi connectivity index (χ4v) is 1.88. The van der Waals surface area contributed by atoms with E-state index in [2.05, 4.69) is 15.0 Å². The zero-order valence-electron chi connectivity index (χ0n) is 9.92. The van der Waals surface area contributed by atoms with Crippen molar-refractivity contribution in [3.8, 4) is 11.3 Å². The summed E-state index contributed by atoms with van der Waals surface area (Å²) in [5.41, 5.74) is 9.89. The average molecular weight is 240 g/mol. The van der Waals surface area contributed by atoms with Crippen LogP contribution in [-0.4, -0.2) is 15.0 Å². The molecule has 3 aromatic rings. The van der Waals surface area contributed by atoms with Crippen molar-refractivity contribution in [1.82, 2.24) is 15.0 Å². The van der Waals surface area contributed by atoms with Gasteiger partial charge in [-0.25, -0.2) is 15.0 Å². The van der Waals surface area contributed by atoms with E-state index in [1.165, 1.54) is 6.39 Å². The highest BCUT2D eigenvalue weighted by atomic mass is 16.3. The van der Waals surface area contributed by atoms with Gasteiger partial charge in [0.1, 0.15) is 11.3 Å². The lowest BCUT2D eigenvalue weighted by Crippen LogP contribution is -2.04. The molecule has 0 aliphatic carbocycles. The molecular formula is C13H12N4O. The third kappa shape index (κ3) is 1.84. The van der Waals surface area contributed by atoms with Gasteiger partial charge in [0.15, 0.2) is 12.0 Å². The normalized spacial score (nSPS) is 11.0. The fourth-order valence-electron chi connectivity index (χ4n) is 1.88. The van der Waals surface area contributed by atoms with Crippen LogP contribution in [0.15, 0.2) is 35.1 Å². The van der Waals surface area contributed by atoms with Gasteiger partial charge >= 0.3 is 0 Å². The number of aromatic nitrogens is 3. The molecule has 5 heteroatoms. The molecule has 90 valence electrons. The van der Waals surface area contributed by atoms with Crippen LogP contribution >= 0.6 is 0 Å². The molecule has 0 aliphatic rings. The van der Waals surface area contributed by atoms with Gasteiger partial charge in [0.2, 0.25) is 0 Å². The first kappa shape index (κ1) is 10.9. The summed E-state index contributed by atoms with van der Waals surface area (Å²) in [6.45, 7) is 2.26. The molecule has 0 aliphatic heterocycles. The molecule has 0 saturated heterocycles. The van der Waals surface area contributed by atoms with E-state index in [0.717, 1.165) is 28.1 Å². The highest BCUT2D eigenvalue weighted by molar-refractivity contribution is 5.78. The van der Waals surface area contributed by atoms with E-state index in [0.29, 0.717) is 12.4 Å². The highest BCUT2D eigenvalue weighted by Gasteiger charge is 2.06. The molecule has 0 atom stereocenters. The fraction of sp³-hybridized carbons (Fsp3) is 0.154. The minimum Gasteiger partial charge on any atom is -0.443 e. The Morgan fingerprint density at radius 3 is 2.94 bits per heavy atom. The van der Waals surface area contributed by atoms with Gasteiger partial charge in [-0.3, -0.25) is 0 Å². The molecule has 0 bridgehead atoms. The van der Waals surface area contributed by atoms with Crippen molar-refractivity contribution in [3.05, 3.63) is 42.2 Å². The summed E-state index contributed by atoms with van der Waals surface area (Å²) >= 11 is 0. The molecule has 0 radical (unpaired) electrons. The Kier molecular flexibility index (Phi) is 2.53. The van der Waals surface area contributed by atoms with Gasteiger partial charge in [-0.05, 0) is 25.1 Å². The minimum absolute atomic E-state index is 0.333. The van der Waals surface area contributed by atoms with Crippen LogP contribution in [0.2, 0.25) is 0 Å². The van der Waals surface area contributed by atoms with Gasteiger partial charge in [0, 0.05) is 11.3 Å². The summed E-state index contributed by atoms with van der Waals surface area (Å²) in [5.74, 6) is 0.641. The molecule has 0 spiro atoms. The second-order valence-electron chi connectivity index (χ2n) is 4.05. The number of hydrogen-bond acceptors (Lipinski definition) is 5. The van der Waals surface area contributed by atoms with Crippen LogP contribution in [0.4, 0.5) is 0 Å². The number of nitrogens with two attached hydrogens (primary N) is 1.